The van der Waals surface area contributed by atoms with Crippen molar-refractivity contribution in [3.63, 3.8) is 0 Å². The van der Waals surface area contributed by atoms with Gasteiger partial charge in [0.15, 0.2) is 23.0 Å². The molecule has 1 amide bonds. The number of halogens is 1. The van der Waals surface area contributed by atoms with E-state index in [2.05, 4.69) is 3.07 Å². The van der Waals surface area contributed by atoms with E-state index in [1.807, 2.05) is 0 Å². The Labute approximate surface area is 94.4 Å². The van der Waals surface area contributed by atoms with Crippen LogP contribution in [0, 0.1) is 11.8 Å². The number of hydrogen-bond donors (Lipinski definition) is 1. The molecule has 0 radical (unpaired) electrons. The van der Waals surface area contributed by atoms with E-state index in [0.717, 1.165) is 5.01 Å². The second-order valence-corrected chi connectivity index (χ2v) is 3.92. The third-order valence-corrected chi connectivity index (χ3v) is 2.99. The number of nitrogens with zero attached hydrogens (tertiary/aromatic N) is 1. The smallest absolute Gasteiger partial charge is 0.424 e. The first-order valence-corrected chi connectivity index (χ1v) is 5.07. The van der Waals surface area contributed by atoms with Crippen LogP contribution in [0.3, 0.4) is 0 Å². The third kappa shape index (κ3) is 1.65. The highest BCUT2D eigenvalue weighted by atomic mass is 127. The SMILES string of the molecule is NN1CC(C2C[C@@H]2C(=O)OI)OC1=O. The van der Waals surface area contributed by atoms with E-state index in [4.69, 9.17) is 10.6 Å². The first kappa shape index (κ1) is 9.97. The average Bonchev–Trinajstić information content (AvgIpc) is 2.89. The van der Waals surface area contributed by atoms with Gasteiger partial charge in [-0.05, 0) is 6.42 Å². The van der Waals surface area contributed by atoms with Crippen LogP contribution in [0.25, 0.3) is 0 Å². The van der Waals surface area contributed by atoms with Gasteiger partial charge in [0, 0.05) is 5.92 Å². The molecule has 2 N–H and O–H groups in total. The largest absolute Gasteiger partial charge is 0.443 e. The van der Waals surface area contributed by atoms with Gasteiger partial charge >= 0.3 is 12.1 Å². The molecule has 1 aliphatic heterocycles. The summed E-state index contributed by atoms with van der Waals surface area (Å²) in [6, 6.07) is 0. The Morgan fingerprint density at radius 1 is 1.71 bits per heavy atom. The summed E-state index contributed by atoms with van der Waals surface area (Å²) in [5.41, 5.74) is 0. The fraction of sp³-hybridized carbons (Fsp3) is 0.714. The first-order valence-electron chi connectivity index (χ1n) is 4.18. The molecule has 6 nitrogen and oxygen atoms in total. The number of hydrazine groups is 1. The summed E-state index contributed by atoms with van der Waals surface area (Å²) in [5, 5.41) is 1.02. The van der Waals surface area contributed by atoms with Gasteiger partial charge in [-0.25, -0.2) is 15.6 Å². The lowest BCUT2D eigenvalue weighted by Gasteiger charge is -2.05. The highest BCUT2D eigenvalue weighted by Gasteiger charge is 2.53. The molecule has 7 heteroatoms. The maximum absolute atomic E-state index is 11.1. The minimum Gasteiger partial charge on any atom is -0.443 e. The van der Waals surface area contributed by atoms with Crippen molar-refractivity contribution in [2.75, 3.05) is 6.54 Å². The van der Waals surface area contributed by atoms with E-state index < -0.39 is 6.09 Å². The molecule has 1 heterocycles. The highest BCUT2D eigenvalue weighted by Crippen LogP contribution is 2.44. The Kier molecular flexibility index (Phi) is 2.52. The van der Waals surface area contributed by atoms with Gasteiger partial charge < -0.3 is 7.80 Å². The predicted molar refractivity (Wildman–Crippen MR) is 52.9 cm³/mol. The zero-order valence-electron chi connectivity index (χ0n) is 7.18. The minimum atomic E-state index is -0.525. The quantitative estimate of drug-likeness (QED) is 0.448. The monoisotopic (exact) mass is 312 g/mol. The van der Waals surface area contributed by atoms with Gasteiger partial charge in [-0.2, -0.15) is 0 Å². The van der Waals surface area contributed by atoms with Crippen molar-refractivity contribution in [1.29, 1.82) is 0 Å². The molecule has 3 atom stereocenters. The second kappa shape index (κ2) is 3.54. The number of ether oxygens (including phenoxy) is 1. The molecule has 14 heavy (non-hydrogen) atoms. The van der Waals surface area contributed by atoms with Crippen molar-refractivity contribution < 1.29 is 17.4 Å². The van der Waals surface area contributed by atoms with Gasteiger partial charge in [-0.1, -0.05) is 0 Å². The zero-order valence-corrected chi connectivity index (χ0v) is 9.34. The van der Waals surface area contributed by atoms with Crippen molar-refractivity contribution in [2.45, 2.75) is 12.5 Å². The average molecular weight is 312 g/mol. The summed E-state index contributed by atoms with van der Waals surface area (Å²) in [4.78, 5) is 22.0. The number of cyclic esters (lactones) is 1. The van der Waals surface area contributed by atoms with Gasteiger partial charge in [-0.15, -0.1) is 0 Å². The van der Waals surface area contributed by atoms with Crippen LogP contribution in [-0.2, 0) is 12.6 Å². The van der Waals surface area contributed by atoms with Crippen molar-refractivity contribution >= 4 is 35.1 Å². The maximum Gasteiger partial charge on any atom is 0.424 e. The molecular formula is C7H9IN2O4. The van der Waals surface area contributed by atoms with Crippen LogP contribution >= 0.6 is 23.0 Å². The summed E-state index contributed by atoms with van der Waals surface area (Å²) in [6.07, 6.45) is -0.0651. The number of amides is 1. The summed E-state index contributed by atoms with van der Waals surface area (Å²) in [5.74, 6) is 5.03. The van der Waals surface area contributed by atoms with Gasteiger partial charge in [-0.3, -0.25) is 4.79 Å². The molecule has 0 aromatic carbocycles. The molecule has 1 aliphatic carbocycles. The predicted octanol–water partition coefficient (Wildman–Crippen LogP) is 0.210. The molecule has 2 aliphatic rings. The van der Waals surface area contributed by atoms with Crippen LogP contribution in [0.2, 0.25) is 0 Å². The number of carbonyl (C=O) groups excluding carboxylic acids is 2. The van der Waals surface area contributed by atoms with E-state index in [1.165, 1.54) is 0 Å². The molecule has 1 saturated carbocycles. The fourth-order valence-corrected chi connectivity index (χ4v) is 2.01. The van der Waals surface area contributed by atoms with Crippen LogP contribution in [0.15, 0.2) is 0 Å². The lowest BCUT2D eigenvalue weighted by Crippen LogP contribution is -2.32. The van der Waals surface area contributed by atoms with Gasteiger partial charge in [0.2, 0.25) is 0 Å². The highest BCUT2D eigenvalue weighted by molar-refractivity contribution is 14.1. The Hall–Kier alpha value is -0.570. The molecule has 0 aromatic rings. The van der Waals surface area contributed by atoms with E-state index in [0.29, 0.717) is 13.0 Å². The van der Waals surface area contributed by atoms with E-state index in [1.54, 1.807) is 23.0 Å². The molecule has 78 valence electrons. The lowest BCUT2D eigenvalue weighted by molar-refractivity contribution is -0.133. The van der Waals surface area contributed by atoms with Gasteiger partial charge in [0.05, 0.1) is 12.5 Å². The van der Waals surface area contributed by atoms with E-state index >= 15 is 0 Å². The topological polar surface area (TPSA) is 81.9 Å². The molecule has 2 rings (SSSR count). The van der Waals surface area contributed by atoms with Crippen LogP contribution in [0.4, 0.5) is 4.79 Å². The summed E-state index contributed by atoms with van der Waals surface area (Å²) < 4.78 is 9.54. The van der Waals surface area contributed by atoms with Gasteiger partial charge in [0.25, 0.3) is 0 Å². The van der Waals surface area contributed by atoms with Crippen LogP contribution < -0.4 is 5.84 Å². The summed E-state index contributed by atoms with van der Waals surface area (Å²) in [7, 11) is 0. The first-order chi connectivity index (χ1) is 6.63. The zero-order chi connectivity index (χ0) is 10.3. The molecular weight excluding hydrogens is 303 g/mol. The molecule has 0 bridgehead atoms. The van der Waals surface area contributed by atoms with Crippen LogP contribution in [0.5, 0.6) is 0 Å². The van der Waals surface area contributed by atoms with E-state index in [-0.39, 0.29) is 23.9 Å². The number of hydrogen-bond acceptors (Lipinski definition) is 5. The minimum absolute atomic E-state index is 0.0785. The molecule has 0 spiro atoms. The van der Waals surface area contributed by atoms with Crippen LogP contribution in [-0.4, -0.2) is 29.7 Å². The molecule has 1 saturated heterocycles. The fourth-order valence-electron chi connectivity index (χ4n) is 1.68. The summed E-state index contributed by atoms with van der Waals surface area (Å²) in [6.45, 7) is 0.356. The molecule has 0 aromatic heterocycles. The standard InChI is InChI=1S/C7H9IN2O4/c8-14-6(11)4-1-3(4)5-2-10(9)7(12)13-5/h3-5H,1-2,9H2/t3?,4-,5?/m0/s1. The molecule has 2 unspecified atom stereocenters. The Morgan fingerprint density at radius 3 is 2.93 bits per heavy atom. The van der Waals surface area contributed by atoms with Crippen molar-refractivity contribution in [3.05, 3.63) is 0 Å². The summed E-state index contributed by atoms with van der Waals surface area (Å²) >= 11 is 1.56. The Morgan fingerprint density at radius 2 is 2.43 bits per heavy atom. The normalized spacial score (nSPS) is 35.4. The van der Waals surface area contributed by atoms with E-state index in [9.17, 15) is 9.59 Å². The third-order valence-electron chi connectivity index (χ3n) is 2.56. The number of rotatable bonds is 2. The Balaban J connectivity index is 1.89. The Bertz CT molecular complexity index is 285. The van der Waals surface area contributed by atoms with Crippen LogP contribution in [0.1, 0.15) is 6.42 Å². The molecule has 2 fully saturated rings. The lowest BCUT2D eigenvalue weighted by atomic mass is 10.2. The second-order valence-electron chi connectivity index (χ2n) is 3.48. The number of carbonyl (C=O) groups is 2. The maximum atomic E-state index is 11.1. The van der Waals surface area contributed by atoms with Crippen molar-refractivity contribution in [1.82, 2.24) is 5.01 Å². The van der Waals surface area contributed by atoms with Crippen molar-refractivity contribution in [2.24, 2.45) is 17.7 Å². The number of nitrogens with two attached hydrogens (primary N) is 1. The van der Waals surface area contributed by atoms with Crippen molar-refractivity contribution in [3.8, 4) is 0 Å². The van der Waals surface area contributed by atoms with Gasteiger partial charge in [0.1, 0.15) is 6.10 Å².